The average molecular weight is 333 g/mol. The van der Waals surface area contributed by atoms with Crippen molar-refractivity contribution in [3.63, 3.8) is 0 Å². The summed E-state index contributed by atoms with van der Waals surface area (Å²) >= 11 is 5.83. The highest BCUT2D eigenvalue weighted by Crippen LogP contribution is 2.28. The molecule has 0 unspecified atom stereocenters. The molecule has 1 aliphatic rings. The Hall–Kier alpha value is -2.67. The van der Waals surface area contributed by atoms with E-state index in [9.17, 15) is 14.7 Å². The van der Waals surface area contributed by atoms with Crippen molar-refractivity contribution in [2.75, 3.05) is 18.4 Å². The molecule has 0 spiro atoms. The highest BCUT2D eigenvalue weighted by molar-refractivity contribution is 6.31. The number of nitrogens with zero attached hydrogens (tertiary/aromatic N) is 3. The Balaban J connectivity index is 1.58. The summed E-state index contributed by atoms with van der Waals surface area (Å²) in [6, 6.07) is 4.40. The molecule has 0 saturated carbocycles. The fraction of sp³-hybridized carbons (Fsp3) is 0.200. The number of carbonyl (C=O) groups is 2. The van der Waals surface area contributed by atoms with Gasteiger partial charge in [0, 0.05) is 30.5 Å². The van der Waals surface area contributed by atoms with Crippen molar-refractivity contribution in [1.29, 1.82) is 0 Å². The summed E-state index contributed by atoms with van der Waals surface area (Å²) in [7, 11) is 0. The van der Waals surface area contributed by atoms with E-state index in [1.165, 1.54) is 41.7 Å². The lowest BCUT2D eigenvalue weighted by Gasteiger charge is -2.37. The minimum atomic E-state index is -0.339. The first-order valence-corrected chi connectivity index (χ1v) is 7.27. The summed E-state index contributed by atoms with van der Waals surface area (Å²) in [5.74, 6) is -0.929. The lowest BCUT2D eigenvalue weighted by atomic mass is 9.98. The van der Waals surface area contributed by atoms with Gasteiger partial charge >= 0.3 is 0 Å². The molecular weight excluding hydrogens is 320 g/mol. The van der Waals surface area contributed by atoms with Gasteiger partial charge in [-0.3, -0.25) is 14.6 Å². The molecule has 1 fully saturated rings. The molecule has 1 aromatic heterocycles. The van der Waals surface area contributed by atoms with Crippen LogP contribution in [0.15, 0.2) is 36.8 Å². The van der Waals surface area contributed by atoms with Crippen LogP contribution in [-0.2, 0) is 4.79 Å². The summed E-state index contributed by atoms with van der Waals surface area (Å²) in [4.78, 5) is 33.5. The molecule has 0 atom stereocenters. The number of likely N-dealkylation sites (tertiary alicyclic amines) is 1. The van der Waals surface area contributed by atoms with Crippen molar-refractivity contribution in [1.82, 2.24) is 14.9 Å². The van der Waals surface area contributed by atoms with E-state index >= 15 is 0 Å². The maximum atomic E-state index is 12.1. The predicted molar refractivity (Wildman–Crippen MR) is 83.2 cm³/mol. The molecule has 2 N–H and O–H groups in total. The maximum Gasteiger partial charge on any atom is 0.274 e. The van der Waals surface area contributed by atoms with Crippen LogP contribution in [0.4, 0.5) is 5.69 Å². The zero-order chi connectivity index (χ0) is 16.4. The summed E-state index contributed by atoms with van der Waals surface area (Å²) in [5, 5.41) is 12.7. The van der Waals surface area contributed by atoms with E-state index in [0.29, 0.717) is 18.1 Å². The number of aromatic nitrogens is 2. The second-order valence-electron chi connectivity index (χ2n) is 5.15. The van der Waals surface area contributed by atoms with E-state index in [1.807, 2.05) is 0 Å². The van der Waals surface area contributed by atoms with Gasteiger partial charge in [-0.2, -0.15) is 0 Å². The molecule has 0 radical (unpaired) electrons. The Morgan fingerprint density at radius 2 is 2.09 bits per heavy atom. The summed E-state index contributed by atoms with van der Waals surface area (Å²) in [5.41, 5.74) is 0.500. The number of anilines is 1. The van der Waals surface area contributed by atoms with Gasteiger partial charge in [0.05, 0.1) is 17.8 Å². The molecule has 23 heavy (non-hydrogen) atoms. The Labute approximate surface area is 136 Å². The van der Waals surface area contributed by atoms with Crippen molar-refractivity contribution in [2.45, 2.75) is 0 Å². The number of amides is 2. The van der Waals surface area contributed by atoms with Gasteiger partial charge in [0.25, 0.3) is 5.91 Å². The van der Waals surface area contributed by atoms with Crippen molar-refractivity contribution < 1.29 is 14.7 Å². The number of carbonyl (C=O) groups excluding carboxylic acids is 2. The van der Waals surface area contributed by atoms with E-state index in [2.05, 4.69) is 15.3 Å². The molecule has 118 valence electrons. The predicted octanol–water partition coefficient (Wildman–Crippen LogP) is 1.55. The van der Waals surface area contributed by atoms with Crippen LogP contribution in [0.2, 0.25) is 5.02 Å². The first-order chi connectivity index (χ1) is 11.0. The van der Waals surface area contributed by atoms with Crippen LogP contribution in [0.25, 0.3) is 0 Å². The Morgan fingerprint density at radius 3 is 2.78 bits per heavy atom. The van der Waals surface area contributed by atoms with Gasteiger partial charge < -0.3 is 15.3 Å². The molecular formula is C15H13ClN4O3. The van der Waals surface area contributed by atoms with Crippen LogP contribution < -0.4 is 5.32 Å². The van der Waals surface area contributed by atoms with E-state index in [-0.39, 0.29) is 34.9 Å². The van der Waals surface area contributed by atoms with Crippen LogP contribution in [-0.4, -0.2) is 44.9 Å². The zero-order valence-corrected chi connectivity index (χ0v) is 12.7. The van der Waals surface area contributed by atoms with Gasteiger partial charge in [0.2, 0.25) is 5.91 Å². The van der Waals surface area contributed by atoms with E-state index < -0.39 is 0 Å². The second kappa shape index (κ2) is 6.21. The van der Waals surface area contributed by atoms with Crippen molar-refractivity contribution >= 4 is 29.1 Å². The number of phenolic OH excluding ortho intramolecular Hbond substituents is 1. The van der Waals surface area contributed by atoms with Gasteiger partial charge in [0.1, 0.15) is 11.4 Å². The van der Waals surface area contributed by atoms with Crippen LogP contribution in [0, 0.1) is 5.92 Å². The van der Waals surface area contributed by atoms with Gasteiger partial charge in [-0.1, -0.05) is 11.6 Å². The van der Waals surface area contributed by atoms with Gasteiger partial charge in [-0.25, -0.2) is 4.98 Å². The third kappa shape index (κ3) is 3.24. The Morgan fingerprint density at radius 1 is 1.30 bits per heavy atom. The molecule has 1 aliphatic heterocycles. The van der Waals surface area contributed by atoms with Gasteiger partial charge in [-0.15, -0.1) is 0 Å². The minimum Gasteiger partial charge on any atom is -0.506 e. The van der Waals surface area contributed by atoms with Crippen molar-refractivity contribution in [2.24, 2.45) is 5.92 Å². The maximum absolute atomic E-state index is 12.1. The van der Waals surface area contributed by atoms with Crippen molar-refractivity contribution in [3.8, 4) is 5.75 Å². The molecule has 8 heteroatoms. The molecule has 1 saturated heterocycles. The monoisotopic (exact) mass is 332 g/mol. The fourth-order valence-electron chi connectivity index (χ4n) is 2.22. The number of hydrogen-bond donors (Lipinski definition) is 2. The number of nitrogens with one attached hydrogen (secondary N) is 1. The molecule has 0 bridgehead atoms. The minimum absolute atomic E-state index is 0.0606. The third-order valence-electron chi connectivity index (χ3n) is 3.54. The van der Waals surface area contributed by atoms with Gasteiger partial charge in [0.15, 0.2) is 0 Å². The third-order valence-corrected chi connectivity index (χ3v) is 3.77. The lowest BCUT2D eigenvalue weighted by Crippen LogP contribution is -2.54. The largest absolute Gasteiger partial charge is 0.506 e. The number of halogens is 1. The number of aromatic hydroxyl groups is 1. The van der Waals surface area contributed by atoms with Crippen LogP contribution in [0.5, 0.6) is 5.75 Å². The van der Waals surface area contributed by atoms with Crippen LogP contribution >= 0.6 is 11.6 Å². The average Bonchev–Trinajstić information content (AvgIpc) is 2.50. The summed E-state index contributed by atoms with van der Waals surface area (Å²) < 4.78 is 0. The Bertz CT molecular complexity index is 748. The highest BCUT2D eigenvalue weighted by atomic mass is 35.5. The smallest absolute Gasteiger partial charge is 0.274 e. The molecule has 0 aliphatic carbocycles. The van der Waals surface area contributed by atoms with Crippen LogP contribution in [0.3, 0.4) is 0 Å². The first-order valence-electron chi connectivity index (χ1n) is 6.89. The molecule has 2 aromatic rings. The molecule has 2 amide bonds. The lowest BCUT2D eigenvalue weighted by molar-refractivity contribution is -0.123. The zero-order valence-electron chi connectivity index (χ0n) is 11.9. The number of hydrogen-bond acceptors (Lipinski definition) is 5. The normalized spacial score (nSPS) is 14.2. The highest BCUT2D eigenvalue weighted by Gasteiger charge is 2.36. The topological polar surface area (TPSA) is 95.4 Å². The number of rotatable bonds is 3. The molecule has 2 heterocycles. The summed E-state index contributed by atoms with van der Waals surface area (Å²) in [6.07, 6.45) is 4.32. The van der Waals surface area contributed by atoms with E-state index in [0.717, 1.165) is 0 Å². The SMILES string of the molecule is O=C(Nc1cc(Cl)ccc1O)C1CN(C(=O)c2cnccn2)C1. The standard InChI is InChI=1S/C15H13ClN4O3/c16-10-1-2-13(21)11(5-10)19-14(22)9-7-20(8-9)15(23)12-6-17-3-4-18-12/h1-6,9,21H,7-8H2,(H,19,22). The fourth-order valence-corrected chi connectivity index (χ4v) is 2.40. The first kappa shape index (κ1) is 15.2. The van der Waals surface area contributed by atoms with Crippen LogP contribution in [0.1, 0.15) is 10.5 Å². The summed E-state index contributed by atoms with van der Waals surface area (Å²) in [6.45, 7) is 0.588. The molecule has 7 nitrogen and oxygen atoms in total. The van der Waals surface area contributed by atoms with Gasteiger partial charge in [-0.05, 0) is 18.2 Å². The second-order valence-corrected chi connectivity index (χ2v) is 5.58. The number of phenols is 1. The quantitative estimate of drug-likeness (QED) is 0.831. The van der Waals surface area contributed by atoms with E-state index in [1.54, 1.807) is 0 Å². The number of benzene rings is 1. The Kier molecular flexibility index (Phi) is 4.12. The van der Waals surface area contributed by atoms with E-state index in [4.69, 9.17) is 11.6 Å². The molecule has 1 aromatic carbocycles. The molecule has 3 rings (SSSR count). The van der Waals surface area contributed by atoms with Crippen molar-refractivity contribution in [3.05, 3.63) is 47.5 Å².